The SMILES string of the molecule is Cc1cc(NC(=O)N2CCC3(CCC3)CC2)nn1C. The van der Waals surface area contributed by atoms with E-state index in [4.69, 9.17) is 0 Å². The minimum absolute atomic E-state index is 0.00715. The lowest BCUT2D eigenvalue weighted by atomic mass is 9.63. The number of urea groups is 1. The van der Waals surface area contributed by atoms with Crippen LogP contribution >= 0.6 is 0 Å². The second kappa shape index (κ2) is 4.54. The van der Waals surface area contributed by atoms with Gasteiger partial charge in [-0.1, -0.05) is 6.42 Å². The average molecular weight is 262 g/mol. The first-order valence-corrected chi connectivity index (χ1v) is 7.15. The summed E-state index contributed by atoms with van der Waals surface area (Å²) >= 11 is 0. The highest BCUT2D eigenvalue weighted by atomic mass is 16.2. The van der Waals surface area contributed by atoms with E-state index in [1.807, 2.05) is 24.9 Å². The Kier molecular flexibility index (Phi) is 2.99. The number of piperidine rings is 1. The molecule has 3 rings (SSSR count). The summed E-state index contributed by atoms with van der Waals surface area (Å²) in [5, 5.41) is 7.15. The van der Waals surface area contributed by atoms with Gasteiger partial charge in [-0.05, 0) is 38.0 Å². The quantitative estimate of drug-likeness (QED) is 0.845. The third kappa shape index (κ3) is 2.33. The fourth-order valence-electron chi connectivity index (χ4n) is 3.17. The molecule has 0 bridgehead atoms. The minimum Gasteiger partial charge on any atom is -0.324 e. The van der Waals surface area contributed by atoms with Crippen molar-refractivity contribution in [1.82, 2.24) is 14.7 Å². The van der Waals surface area contributed by atoms with Crippen LogP contribution in [0.15, 0.2) is 6.07 Å². The van der Waals surface area contributed by atoms with Crippen molar-refractivity contribution in [2.24, 2.45) is 12.5 Å². The molecule has 1 spiro atoms. The zero-order chi connectivity index (χ0) is 13.5. The number of aryl methyl sites for hydroxylation is 2. The van der Waals surface area contributed by atoms with Gasteiger partial charge in [0.05, 0.1) is 0 Å². The lowest BCUT2D eigenvalue weighted by Crippen LogP contribution is -2.47. The summed E-state index contributed by atoms with van der Waals surface area (Å²) in [5.74, 6) is 0.647. The van der Waals surface area contributed by atoms with Crippen LogP contribution in [0, 0.1) is 12.3 Å². The number of anilines is 1. The monoisotopic (exact) mass is 262 g/mol. The molecule has 1 aliphatic carbocycles. The van der Waals surface area contributed by atoms with E-state index < -0.39 is 0 Å². The van der Waals surface area contributed by atoms with E-state index in [2.05, 4.69) is 10.4 Å². The Hall–Kier alpha value is -1.52. The van der Waals surface area contributed by atoms with Crippen molar-refractivity contribution in [3.63, 3.8) is 0 Å². The molecule has 1 N–H and O–H groups in total. The summed E-state index contributed by atoms with van der Waals surface area (Å²) in [6.45, 7) is 3.75. The third-order valence-electron chi connectivity index (χ3n) is 4.87. The number of likely N-dealkylation sites (tertiary alicyclic amines) is 1. The van der Waals surface area contributed by atoms with Gasteiger partial charge in [0.15, 0.2) is 5.82 Å². The van der Waals surface area contributed by atoms with Crippen molar-refractivity contribution in [3.8, 4) is 0 Å². The number of nitrogens with one attached hydrogen (secondary N) is 1. The van der Waals surface area contributed by atoms with Crippen LogP contribution in [-0.4, -0.2) is 33.8 Å². The van der Waals surface area contributed by atoms with Crippen LogP contribution < -0.4 is 5.32 Å². The molecule has 2 heterocycles. The molecule has 1 saturated carbocycles. The molecule has 2 amide bonds. The molecule has 1 aliphatic heterocycles. The largest absolute Gasteiger partial charge is 0.324 e. The van der Waals surface area contributed by atoms with Crippen LogP contribution in [0.3, 0.4) is 0 Å². The van der Waals surface area contributed by atoms with Crippen molar-refractivity contribution in [2.75, 3.05) is 18.4 Å². The highest BCUT2D eigenvalue weighted by Gasteiger charge is 2.40. The van der Waals surface area contributed by atoms with Crippen LogP contribution in [0.5, 0.6) is 0 Å². The van der Waals surface area contributed by atoms with E-state index in [1.165, 1.54) is 32.1 Å². The summed E-state index contributed by atoms with van der Waals surface area (Å²) < 4.78 is 1.77. The van der Waals surface area contributed by atoms with Crippen LogP contribution in [0.4, 0.5) is 10.6 Å². The standard InChI is InChI=1S/C14H22N4O/c1-11-10-12(16-17(11)2)15-13(19)18-8-6-14(7-9-18)4-3-5-14/h10H,3-9H2,1-2H3,(H,15,16,19). The molecular formula is C14H22N4O. The number of hydrogen-bond acceptors (Lipinski definition) is 2. The van der Waals surface area contributed by atoms with E-state index in [0.717, 1.165) is 18.8 Å². The molecular weight excluding hydrogens is 240 g/mol. The first kappa shape index (κ1) is 12.5. The topological polar surface area (TPSA) is 50.2 Å². The number of nitrogens with zero attached hydrogens (tertiary/aromatic N) is 3. The van der Waals surface area contributed by atoms with Gasteiger partial charge >= 0.3 is 6.03 Å². The van der Waals surface area contributed by atoms with Crippen LogP contribution in [0.1, 0.15) is 37.8 Å². The minimum atomic E-state index is -0.00715. The summed E-state index contributed by atoms with van der Waals surface area (Å²) in [6, 6.07) is 1.89. The lowest BCUT2D eigenvalue weighted by molar-refractivity contribution is 0.0487. The molecule has 0 aromatic carbocycles. The Labute approximate surface area is 114 Å². The molecule has 2 aliphatic rings. The molecule has 5 nitrogen and oxygen atoms in total. The molecule has 0 atom stereocenters. The Morgan fingerprint density at radius 2 is 2.00 bits per heavy atom. The van der Waals surface area contributed by atoms with E-state index >= 15 is 0 Å². The zero-order valence-electron chi connectivity index (χ0n) is 11.8. The van der Waals surface area contributed by atoms with E-state index in [9.17, 15) is 4.79 Å². The number of hydrogen-bond donors (Lipinski definition) is 1. The molecule has 0 radical (unpaired) electrons. The predicted octanol–water partition coefficient (Wildman–Crippen LogP) is 2.53. The smallest absolute Gasteiger partial charge is 0.323 e. The highest BCUT2D eigenvalue weighted by molar-refractivity contribution is 5.88. The van der Waals surface area contributed by atoms with E-state index in [0.29, 0.717) is 11.2 Å². The van der Waals surface area contributed by atoms with Crippen molar-refractivity contribution in [1.29, 1.82) is 0 Å². The summed E-state index contributed by atoms with van der Waals surface area (Å²) in [4.78, 5) is 14.1. The Morgan fingerprint density at radius 1 is 1.32 bits per heavy atom. The maximum absolute atomic E-state index is 12.2. The van der Waals surface area contributed by atoms with Crippen molar-refractivity contribution in [3.05, 3.63) is 11.8 Å². The number of aromatic nitrogens is 2. The van der Waals surface area contributed by atoms with Crippen LogP contribution in [-0.2, 0) is 7.05 Å². The van der Waals surface area contributed by atoms with Gasteiger partial charge in [0.1, 0.15) is 0 Å². The molecule has 1 aromatic rings. The second-order valence-electron chi connectivity index (χ2n) is 6.07. The molecule has 2 fully saturated rings. The highest BCUT2D eigenvalue weighted by Crippen LogP contribution is 2.48. The first-order valence-electron chi connectivity index (χ1n) is 7.15. The number of carbonyl (C=O) groups is 1. The van der Waals surface area contributed by atoms with E-state index in [1.54, 1.807) is 4.68 Å². The number of rotatable bonds is 1. The van der Waals surface area contributed by atoms with Gasteiger partial charge in [-0.2, -0.15) is 5.10 Å². The van der Waals surface area contributed by atoms with Crippen LogP contribution in [0.25, 0.3) is 0 Å². The van der Waals surface area contributed by atoms with Gasteiger partial charge in [-0.15, -0.1) is 0 Å². The Bertz CT molecular complexity index is 460. The first-order chi connectivity index (χ1) is 9.08. The summed E-state index contributed by atoms with van der Waals surface area (Å²) in [6.07, 6.45) is 6.44. The fraction of sp³-hybridized carbons (Fsp3) is 0.714. The third-order valence-corrected chi connectivity index (χ3v) is 4.87. The Balaban J connectivity index is 1.56. The molecule has 104 valence electrons. The maximum Gasteiger partial charge on any atom is 0.323 e. The molecule has 0 unspecified atom stereocenters. The summed E-state index contributed by atoms with van der Waals surface area (Å²) in [7, 11) is 1.88. The molecule has 5 heteroatoms. The molecule has 1 saturated heterocycles. The zero-order valence-corrected chi connectivity index (χ0v) is 11.8. The van der Waals surface area contributed by atoms with Gasteiger partial charge in [0.25, 0.3) is 0 Å². The van der Waals surface area contributed by atoms with Crippen molar-refractivity contribution in [2.45, 2.75) is 39.0 Å². The lowest BCUT2D eigenvalue weighted by Gasteiger charge is -2.47. The molecule has 1 aromatic heterocycles. The van der Waals surface area contributed by atoms with Gasteiger partial charge in [0, 0.05) is 31.9 Å². The maximum atomic E-state index is 12.2. The average Bonchev–Trinajstić information content (AvgIpc) is 2.66. The van der Waals surface area contributed by atoms with Gasteiger partial charge < -0.3 is 4.90 Å². The van der Waals surface area contributed by atoms with Gasteiger partial charge in [-0.25, -0.2) is 4.79 Å². The number of carbonyl (C=O) groups excluding carboxylic acids is 1. The Morgan fingerprint density at radius 3 is 2.47 bits per heavy atom. The van der Waals surface area contributed by atoms with Gasteiger partial charge in [0.2, 0.25) is 0 Å². The second-order valence-corrected chi connectivity index (χ2v) is 6.07. The van der Waals surface area contributed by atoms with Crippen molar-refractivity contribution < 1.29 is 4.79 Å². The number of amides is 2. The van der Waals surface area contributed by atoms with E-state index in [-0.39, 0.29) is 6.03 Å². The van der Waals surface area contributed by atoms with Crippen molar-refractivity contribution >= 4 is 11.8 Å². The fourth-order valence-corrected chi connectivity index (χ4v) is 3.17. The van der Waals surface area contributed by atoms with Gasteiger partial charge in [-0.3, -0.25) is 10.00 Å². The summed E-state index contributed by atoms with van der Waals surface area (Å²) in [5.41, 5.74) is 1.63. The van der Waals surface area contributed by atoms with Crippen LogP contribution in [0.2, 0.25) is 0 Å². The predicted molar refractivity (Wildman–Crippen MR) is 74.1 cm³/mol. The molecule has 19 heavy (non-hydrogen) atoms. The normalized spacial score (nSPS) is 21.3.